The first-order chi connectivity index (χ1) is 36.7. The average Bonchev–Trinajstić information content (AvgIpc) is 4.15. The predicted molar refractivity (Wildman–Crippen MR) is 314 cm³/mol. The van der Waals surface area contributed by atoms with Gasteiger partial charge in [0.1, 0.15) is 0 Å². The van der Waals surface area contributed by atoms with E-state index in [1.807, 2.05) is 0 Å². The van der Waals surface area contributed by atoms with Gasteiger partial charge in [-0.3, -0.25) is 0 Å². The lowest BCUT2D eigenvalue weighted by atomic mass is 9.84. The van der Waals surface area contributed by atoms with E-state index >= 15 is 0 Å². The molecule has 350 valence electrons. The summed E-state index contributed by atoms with van der Waals surface area (Å²) in [5.74, 6) is 0. The van der Waals surface area contributed by atoms with Crippen molar-refractivity contribution >= 4 is 48.8 Å². The molecule has 0 bridgehead atoms. The Labute approximate surface area is 432 Å². The van der Waals surface area contributed by atoms with Crippen molar-refractivity contribution in [1.82, 2.24) is 4.57 Å². The van der Waals surface area contributed by atoms with E-state index in [1.54, 1.807) is 0 Å². The fourth-order valence-corrected chi connectivity index (χ4v) is 12.0. The molecule has 2 heterocycles. The van der Waals surface area contributed by atoms with Crippen molar-refractivity contribution in [3.8, 4) is 61.6 Å². The number of fused-ring (bicyclic) bond motifs is 4. The summed E-state index contributed by atoms with van der Waals surface area (Å²) in [6.45, 7) is 0. The van der Waals surface area contributed by atoms with Crippen LogP contribution in [0, 0.1) is 0 Å². The van der Waals surface area contributed by atoms with Crippen molar-refractivity contribution in [2.24, 2.45) is 0 Å². The van der Waals surface area contributed by atoms with Crippen LogP contribution < -0.4 is 4.90 Å². The van der Waals surface area contributed by atoms with E-state index in [1.165, 1.54) is 110 Å². The third-order valence-electron chi connectivity index (χ3n) is 15.6. The number of allylic oxidation sites excluding steroid dienone is 4. The van der Waals surface area contributed by atoms with Crippen LogP contribution in [0.25, 0.3) is 105 Å². The van der Waals surface area contributed by atoms with Crippen LogP contribution in [-0.2, 0) is 0 Å². The lowest BCUT2D eigenvalue weighted by molar-refractivity contribution is 0.729. The third kappa shape index (κ3) is 7.66. The van der Waals surface area contributed by atoms with Gasteiger partial charge in [0.15, 0.2) is 0 Å². The van der Waals surface area contributed by atoms with E-state index < -0.39 is 0 Å². The fourth-order valence-electron chi connectivity index (χ4n) is 12.0. The lowest BCUT2D eigenvalue weighted by Crippen LogP contribution is -2.24. The minimum Gasteiger partial charge on any atom is -0.334 e. The molecule has 1 aliphatic carbocycles. The van der Waals surface area contributed by atoms with E-state index in [2.05, 4.69) is 282 Å². The first kappa shape index (κ1) is 43.5. The molecule has 2 heteroatoms. The van der Waals surface area contributed by atoms with E-state index in [-0.39, 0.29) is 6.04 Å². The Balaban J connectivity index is 1.06. The smallest absolute Gasteiger partial charge is 0.0626 e. The minimum atomic E-state index is 0.169. The summed E-state index contributed by atoms with van der Waals surface area (Å²) in [6, 6.07) is 92.6. The molecule has 2 nitrogen and oxygen atoms in total. The van der Waals surface area contributed by atoms with Crippen molar-refractivity contribution in [3.05, 3.63) is 290 Å². The summed E-state index contributed by atoms with van der Waals surface area (Å²) in [5.41, 5.74) is 18.3. The zero-order chi connectivity index (χ0) is 49.0. The molecule has 1 atom stereocenters. The van der Waals surface area contributed by atoms with Gasteiger partial charge in [-0.15, -0.1) is 0 Å². The molecule has 0 N–H and O–H groups in total. The van der Waals surface area contributed by atoms with Crippen molar-refractivity contribution in [2.45, 2.75) is 25.3 Å². The number of rotatable bonds is 9. The second-order valence-electron chi connectivity index (χ2n) is 19.9. The van der Waals surface area contributed by atoms with Crippen LogP contribution in [0.1, 0.15) is 30.9 Å². The van der Waals surface area contributed by atoms with Crippen molar-refractivity contribution in [2.75, 3.05) is 4.90 Å². The fraction of sp³-hybridized carbons (Fsp3) is 0.0556. The molecule has 1 aromatic heterocycles. The molecule has 1 unspecified atom stereocenters. The summed E-state index contributed by atoms with van der Waals surface area (Å²) in [7, 11) is 0. The second kappa shape index (κ2) is 18.4. The number of anilines is 1. The van der Waals surface area contributed by atoms with Crippen LogP contribution >= 0.6 is 0 Å². The highest BCUT2D eigenvalue weighted by Gasteiger charge is 2.31. The molecule has 74 heavy (non-hydrogen) atoms. The molecule has 0 spiro atoms. The van der Waals surface area contributed by atoms with Crippen LogP contribution in [0.4, 0.5) is 5.69 Å². The molecule has 0 radical (unpaired) electrons. The van der Waals surface area contributed by atoms with Crippen molar-refractivity contribution < 1.29 is 0 Å². The Morgan fingerprint density at radius 1 is 0.365 bits per heavy atom. The van der Waals surface area contributed by atoms with Gasteiger partial charge in [0.25, 0.3) is 0 Å². The van der Waals surface area contributed by atoms with Crippen LogP contribution in [0.3, 0.4) is 0 Å². The van der Waals surface area contributed by atoms with Crippen LogP contribution in [0.15, 0.2) is 284 Å². The summed E-state index contributed by atoms with van der Waals surface area (Å²) in [4.78, 5) is 2.64. The molecular weight excluding hydrogens is 893 g/mol. The molecule has 14 rings (SSSR count). The average molecular weight is 945 g/mol. The highest BCUT2D eigenvalue weighted by Crippen LogP contribution is 2.50. The first-order valence-corrected chi connectivity index (χ1v) is 26.1. The van der Waals surface area contributed by atoms with Gasteiger partial charge >= 0.3 is 0 Å². The Hall–Kier alpha value is -9.24. The molecule has 0 amide bonds. The third-order valence-corrected chi connectivity index (χ3v) is 15.6. The standard InChI is InChI=1S/C72H52N2/c1-5-19-52(20-6-1)67-41-42-68(53-21-7-2-8-22-53)73(67)61-38-40-64-65(47-61)71(56-33-29-51(30-34-56)59-35-31-49-17-13-15-27-57(49)45-59)63-39-37-62(48-66(63)72(64)60-36-32-50-18-14-16-28-58(50)46-60)74-69(54-23-9-3-10-24-54)43-44-70(74)55-25-11-4-12-26-55/h1-7,9-21,23-40,42-48,67H,8,22,41H2. The molecule has 0 fully saturated rings. The Bertz CT molecular complexity index is 4140. The summed E-state index contributed by atoms with van der Waals surface area (Å²) >= 11 is 0. The van der Waals surface area contributed by atoms with Gasteiger partial charge in [0, 0.05) is 17.1 Å². The Kier molecular flexibility index (Phi) is 10.8. The van der Waals surface area contributed by atoms with Gasteiger partial charge in [0.05, 0.1) is 17.4 Å². The van der Waals surface area contributed by atoms with E-state index in [4.69, 9.17) is 0 Å². The van der Waals surface area contributed by atoms with Crippen LogP contribution in [0.2, 0.25) is 0 Å². The number of benzene rings is 11. The molecule has 1 aliphatic heterocycles. The van der Waals surface area contributed by atoms with Gasteiger partial charge in [-0.2, -0.15) is 0 Å². The van der Waals surface area contributed by atoms with Gasteiger partial charge < -0.3 is 9.47 Å². The van der Waals surface area contributed by atoms with Crippen LogP contribution in [-0.4, -0.2) is 4.57 Å². The van der Waals surface area contributed by atoms with E-state index in [0.29, 0.717) is 0 Å². The molecule has 11 aromatic carbocycles. The van der Waals surface area contributed by atoms with Gasteiger partial charge in [-0.1, -0.05) is 224 Å². The van der Waals surface area contributed by atoms with E-state index in [0.717, 1.165) is 36.3 Å². The van der Waals surface area contributed by atoms with Gasteiger partial charge in [-0.25, -0.2) is 0 Å². The predicted octanol–water partition coefficient (Wildman–Crippen LogP) is 19.5. The normalized spacial score (nSPS) is 14.5. The maximum Gasteiger partial charge on any atom is 0.0626 e. The summed E-state index contributed by atoms with van der Waals surface area (Å²) < 4.78 is 2.46. The Morgan fingerprint density at radius 2 is 0.878 bits per heavy atom. The lowest BCUT2D eigenvalue weighted by Gasteiger charge is -2.32. The number of nitrogens with zero attached hydrogens (tertiary/aromatic N) is 2. The molecule has 12 aromatic rings. The maximum atomic E-state index is 2.64. The SMILES string of the molecule is C1=CCCC(C2=CCC(c3ccccc3)N2c2ccc3c(-c4ccc5ccccc5c4)c4cc(-n5c(-c6ccccc6)ccc5-c5ccccc5)ccc4c(-c4ccc(-c5ccc6ccccc6c5)cc4)c3c2)=C1. The molecule has 2 aliphatic rings. The van der Waals surface area contributed by atoms with Crippen molar-refractivity contribution in [3.63, 3.8) is 0 Å². The molecule has 0 saturated heterocycles. The summed E-state index contributed by atoms with van der Waals surface area (Å²) in [5, 5.41) is 9.83. The molecular formula is C72H52N2. The van der Waals surface area contributed by atoms with Crippen molar-refractivity contribution in [1.29, 1.82) is 0 Å². The highest BCUT2D eigenvalue weighted by atomic mass is 15.2. The van der Waals surface area contributed by atoms with E-state index in [9.17, 15) is 0 Å². The maximum absolute atomic E-state index is 2.64. The van der Waals surface area contributed by atoms with Crippen LogP contribution in [0.5, 0.6) is 0 Å². The quantitative estimate of drug-likeness (QED) is 0.131. The number of hydrogen-bond donors (Lipinski definition) is 0. The second-order valence-corrected chi connectivity index (χ2v) is 19.9. The topological polar surface area (TPSA) is 8.17 Å². The summed E-state index contributed by atoms with van der Waals surface area (Å²) in [6.07, 6.45) is 12.4. The first-order valence-electron chi connectivity index (χ1n) is 26.1. The Morgan fingerprint density at radius 3 is 1.50 bits per heavy atom. The number of aromatic nitrogens is 1. The monoisotopic (exact) mass is 944 g/mol. The zero-order valence-electron chi connectivity index (χ0n) is 41.1. The van der Waals surface area contributed by atoms with Gasteiger partial charge in [-0.05, 0) is 167 Å². The molecule has 0 saturated carbocycles. The highest BCUT2D eigenvalue weighted by molar-refractivity contribution is 6.22. The number of hydrogen-bond acceptors (Lipinski definition) is 1. The minimum absolute atomic E-state index is 0.169. The van der Waals surface area contributed by atoms with Gasteiger partial charge in [0.2, 0.25) is 0 Å². The largest absolute Gasteiger partial charge is 0.334 e. The zero-order valence-corrected chi connectivity index (χ0v) is 41.1.